The lowest BCUT2D eigenvalue weighted by atomic mass is 10.1. The molecule has 0 saturated carbocycles. The molecule has 3 atom stereocenters. The fourth-order valence-electron chi connectivity index (χ4n) is 3.01. The fraction of sp³-hybridized carbons (Fsp3) is 0.700. The van der Waals surface area contributed by atoms with E-state index in [-0.39, 0.29) is 32.8 Å². The standard InChI is InChI=1S/C20H36N8O9/c21-4-2-1-3-12-17(32)23-5-6-36-7-8-37-11-16(31)24-14(10-29)19(34)28-27-18(33)13(9-15(22)30)26-20(35)25-12/h12-14,29H,1-11,21H2,(H2,22,30)(H,23,32)(H,24,31)(H,27,33)(H,28,34)(H2,25,26,35)/t12-,13-,14-/m0/s1. The van der Waals surface area contributed by atoms with Crippen molar-refractivity contribution in [2.75, 3.05) is 46.1 Å². The van der Waals surface area contributed by atoms with E-state index in [1.165, 1.54) is 0 Å². The molecule has 1 rings (SSSR count). The van der Waals surface area contributed by atoms with Gasteiger partial charge < -0.3 is 47.3 Å². The van der Waals surface area contributed by atoms with Crippen LogP contribution >= 0.6 is 0 Å². The zero-order valence-corrected chi connectivity index (χ0v) is 20.4. The molecule has 1 saturated heterocycles. The molecule has 0 radical (unpaired) electrons. The number of amides is 7. The van der Waals surface area contributed by atoms with Gasteiger partial charge in [0.25, 0.3) is 11.8 Å². The molecule has 17 nitrogen and oxygen atoms in total. The van der Waals surface area contributed by atoms with Gasteiger partial charge in [0.2, 0.25) is 17.7 Å². The van der Waals surface area contributed by atoms with Crippen LogP contribution in [0.25, 0.3) is 0 Å². The Morgan fingerprint density at radius 3 is 2.16 bits per heavy atom. The van der Waals surface area contributed by atoms with Crippen LogP contribution in [0.2, 0.25) is 0 Å². The first-order valence-corrected chi connectivity index (χ1v) is 11.7. The van der Waals surface area contributed by atoms with Crippen LogP contribution in [0.15, 0.2) is 0 Å². The van der Waals surface area contributed by atoms with Crippen molar-refractivity contribution in [1.29, 1.82) is 0 Å². The van der Waals surface area contributed by atoms with Gasteiger partial charge in [0.15, 0.2) is 0 Å². The Kier molecular flexibility index (Phi) is 15.2. The summed E-state index contributed by atoms with van der Waals surface area (Å²) in [5.74, 6) is -4.18. The van der Waals surface area contributed by atoms with Crippen molar-refractivity contribution in [2.24, 2.45) is 11.5 Å². The van der Waals surface area contributed by atoms with E-state index in [1.54, 1.807) is 0 Å². The number of hydrogen-bond acceptors (Lipinski definition) is 10. The third-order valence-electron chi connectivity index (χ3n) is 4.89. The third kappa shape index (κ3) is 13.4. The van der Waals surface area contributed by atoms with E-state index >= 15 is 0 Å². The van der Waals surface area contributed by atoms with Crippen LogP contribution < -0.4 is 43.6 Å². The summed E-state index contributed by atoms with van der Waals surface area (Å²) in [7, 11) is 0. The Balaban J connectivity index is 2.99. The molecule has 37 heavy (non-hydrogen) atoms. The lowest BCUT2D eigenvalue weighted by Gasteiger charge is -2.22. The van der Waals surface area contributed by atoms with Crippen molar-refractivity contribution >= 4 is 35.6 Å². The first-order chi connectivity index (χ1) is 17.7. The Morgan fingerprint density at radius 2 is 1.51 bits per heavy atom. The van der Waals surface area contributed by atoms with Crippen molar-refractivity contribution in [3.05, 3.63) is 0 Å². The van der Waals surface area contributed by atoms with Gasteiger partial charge >= 0.3 is 6.03 Å². The lowest BCUT2D eigenvalue weighted by Crippen LogP contribution is -2.59. The average molecular weight is 533 g/mol. The van der Waals surface area contributed by atoms with Crippen LogP contribution in [0.5, 0.6) is 0 Å². The summed E-state index contributed by atoms with van der Waals surface area (Å²) in [4.78, 5) is 73.3. The van der Waals surface area contributed by atoms with Crippen LogP contribution in [0, 0.1) is 0 Å². The third-order valence-corrected chi connectivity index (χ3v) is 4.89. The highest BCUT2D eigenvalue weighted by atomic mass is 16.5. The minimum atomic E-state index is -1.52. The summed E-state index contributed by atoms with van der Waals surface area (Å²) < 4.78 is 10.4. The number of aliphatic hydroxyl groups is 1. The number of primary amides is 1. The molecule has 1 aliphatic heterocycles. The highest BCUT2D eigenvalue weighted by molar-refractivity contribution is 5.94. The number of urea groups is 1. The molecule has 0 bridgehead atoms. The van der Waals surface area contributed by atoms with Crippen molar-refractivity contribution < 1.29 is 43.3 Å². The zero-order chi connectivity index (χ0) is 27.6. The lowest BCUT2D eigenvalue weighted by molar-refractivity contribution is -0.135. The second-order valence-corrected chi connectivity index (χ2v) is 7.92. The summed E-state index contributed by atoms with van der Waals surface area (Å²) in [6.07, 6.45) is 0.749. The Hall–Kier alpha value is -3.54. The van der Waals surface area contributed by atoms with Gasteiger partial charge in [-0.1, -0.05) is 0 Å². The number of hydrazine groups is 1. The predicted molar refractivity (Wildman–Crippen MR) is 126 cm³/mol. The van der Waals surface area contributed by atoms with Gasteiger partial charge in [0.1, 0.15) is 24.7 Å². The van der Waals surface area contributed by atoms with Crippen LogP contribution in [0.1, 0.15) is 25.7 Å². The van der Waals surface area contributed by atoms with Crippen molar-refractivity contribution in [3.8, 4) is 0 Å². The van der Waals surface area contributed by atoms with Gasteiger partial charge in [-0.05, 0) is 25.8 Å². The molecule has 210 valence electrons. The highest BCUT2D eigenvalue weighted by Gasteiger charge is 2.27. The van der Waals surface area contributed by atoms with E-state index in [1.807, 2.05) is 10.9 Å². The van der Waals surface area contributed by atoms with Crippen LogP contribution in [-0.2, 0) is 33.4 Å². The van der Waals surface area contributed by atoms with Gasteiger partial charge in [-0.3, -0.25) is 34.8 Å². The second-order valence-electron chi connectivity index (χ2n) is 7.92. The molecule has 0 aromatic rings. The quantitative estimate of drug-likeness (QED) is 0.141. The molecule has 1 aliphatic rings. The Morgan fingerprint density at radius 1 is 0.865 bits per heavy atom. The fourth-order valence-corrected chi connectivity index (χ4v) is 3.01. The topological polar surface area (TPSA) is 265 Å². The number of nitrogens with two attached hydrogens (primary N) is 2. The number of nitrogens with one attached hydrogen (secondary N) is 6. The van der Waals surface area contributed by atoms with Crippen LogP contribution in [0.3, 0.4) is 0 Å². The van der Waals surface area contributed by atoms with Crippen molar-refractivity contribution in [2.45, 2.75) is 43.8 Å². The number of hydrogen-bond donors (Lipinski definition) is 9. The van der Waals surface area contributed by atoms with E-state index in [4.69, 9.17) is 20.9 Å². The molecule has 1 heterocycles. The van der Waals surface area contributed by atoms with Crippen LogP contribution in [-0.4, -0.2) is 105 Å². The molecule has 0 aliphatic carbocycles. The molecule has 0 unspecified atom stereocenters. The summed E-state index contributed by atoms with van der Waals surface area (Å²) in [6.45, 7) is -0.445. The summed E-state index contributed by atoms with van der Waals surface area (Å²) in [6, 6.07) is -4.88. The smallest absolute Gasteiger partial charge is 0.316 e. The molecule has 7 amide bonds. The molecule has 1 fully saturated rings. The largest absolute Gasteiger partial charge is 0.394 e. The van der Waals surface area contributed by atoms with Gasteiger partial charge in [0, 0.05) is 6.54 Å². The minimum absolute atomic E-state index is 0.0398. The van der Waals surface area contributed by atoms with E-state index in [9.17, 15) is 33.9 Å². The minimum Gasteiger partial charge on any atom is -0.394 e. The number of aliphatic hydroxyl groups excluding tert-OH is 1. The van der Waals surface area contributed by atoms with Crippen LogP contribution in [0.4, 0.5) is 4.79 Å². The molecule has 0 aromatic carbocycles. The highest BCUT2D eigenvalue weighted by Crippen LogP contribution is 2.02. The van der Waals surface area contributed by atoms with E-state index in [2.05, 4.69) is 21.3 Å². The second kappa shape index (κ2) is 17.8. The Labute approximate surface area is 213 Å². The monoisotopic (exact) mass is 532 g/mol. The molecular weight excluding hydrogens is 496 g/mol. The van der Waals surface area contributed by atoms with E-state index in [0.717, 1.165) is 0 Å². The summed E-state index contributed by atoms with van der Waals surface area (Å²) in [5, 5.41) is 18.9. The number of carbonyl (C=O) groups excluding carboxylic acids is 6. The van der Waals surface area contributed by atoms with E-state index < -0.39 is 73.3 Å². The first-order valence-electron chi connectivity index (χ1n) is 11.7. The molecule has 0 aromatic heterocycles. The first kappa shape index (κ1) is 31.5. The Bertz CT molecular complexity index is 798. The molecule has 0 spiro atoms. The maximum Gasteiger partial charge on any atom is 0.316 e. The van der Waals surface area contributed by atoms with Crippen molar-refractivity contribution in [1.82, 2.24) is 32.1 Å². The number of ether oxygens (including phenoxy) is 2. The normalized spacial score (nSPS) is 23.7. The number of carbonyl (C=O) groups is 6. The zero-order valence-electron chi connectivity index (χ0n) is 20.4. The van der Waals surface area contributed by atoms with Gasteiger partial charge in [-0.15, -0.1) is 0 Å². The number of unbranched alkanes of at least 4 members (excludes halogenated alkanes) is 1. The predicted octanol–water partition coefficient (Wildman–Crippen LogP) is -5.19. The van der Waals surface area contributed by atoms with Gasteiger partial charge in [-0.2, -0.15) is 0 Å². The SMILES string of the molecule is NCCCC[C@@H]1NC(=O)N[C@@H](CC(N)=O)C(=O)NNC(=O)[C@H](CO)NC(=O)COCCOCCNC1=O. The maximum atomic E-state index is 12.6. The van der Waals surface area contributed by atoms with E-state index in [0.29, 0.717) is 19.4 Å². The summed E-state index contributed by atoms with van der Waals surface area (Å²) in [5.41, 5.74) is 14.6. The molecule has 11 N–H and O–H groups in total. The summed E-state index contributed by atoms with van der Waals surface area (Å²) >= 11 is 0. The number of rotatable bonds is 7. The molecule has 17 heteroatoms. The van der Waals surface area contributed by atoms with Gasteiger partial charge in [-0.25, -0.2) is 4.79 Å². The molecular formula is C20H36N8O9. The average Bonchev–Trinajstić information content (AvgIpc) is 2.85. The van der Waals surface area contributed by atoms with Crippen molar-refractivity contribution in [3.63, 3.8) is 0 Å². The van der Waals surface area contributed by atoms with Gasteiger partial charge in [0.05, 0.1) is 32.8 Å². The maximum absolute atomic E-state index is 12.6.